The molecule has 2 aliphatic rings. The minimum atomic E-state index is -4.11. The average molecular weight is 480 g/mol. The molecule has 0 aliphatic carbocycles. The van der Waals surface area contributed by atoms with E-state index in [-0.39, 0.29) is 44.6 Å². The third-order valence-corrected chi connectivity index (χ3v) is 7.41. The molecule has 4 rings (SSSR count). The van der Waals surface area contributed by atoms with Crippen molar-refractivity contribution in [1.82, 2.24) is 4.31 Å². The lowest BCUT2D eigenvalue weighted by atomic mass is 10.1. The van der Waals surface area contributed by atoms with Gasteiger partial charge >= 0.3 is 5.97 Å². The molecule has 2 aromatic carbocycles. The van der Waals surface area contributed by atoms with Crippen LogP contribution in [0, 0.1) is 5.82 Å². The van der Waals surface area contributed by atoms with Gasteiger partial charge in [-0.3, -0.25) is 0 Å². The highest BCUT2D eigenvalue weighted by atomic mass is 32.2. The Morgan fingerprint density at radius 3 is 2.70 bits per heavy atom. The van der Waals surface area contributed by atoms with Crippen molar-refractivity contribution >= 4 is 16.0 Å². The molecular formula is C23H26FNO7S. The second-order valence-corrected chi connectivity index (χ2v) is 9.78. The van der Waals surface area contributed by atoms with Gasteiger partial charge in [-0.1, -0.05) is 0 Å². The highest BCUT2D eigenvalue weighted by molar-refractivity contribution is 7.89. The van der Waals surface area contributed by atoms with Gasteiger partial charge < -0.3 is 18.9 Å². The summed E-state index contributed by atoms with van der Waals surface area (Å²) in [6, 6.07) is 6.85. The van der Waals surface area contributed by atoms with E-state index in [0.717, 1.165) is 34.2 Å². The summed E-state index contributed by atoms with van der Waals surface area (Å²) < 4.78 is 63.3. The number of carbonyl (C=O) groups is 1. The van der Waals surface area contributed by atoms with E-state index in [9.17, 15) is 17.6 Å². The molecule has 0 spiro atoms. The first-order chi connectivity index (χ1) is 15.8. The number of hydrogen-bond donors (Lipinski definition) is 0. The van der Waals surface area contributed by atoms with E-state index >= 15 is 0 Å². The van der Waals surface area contributed by atoms with E-state index in [4.69, 9.17) is 18.9 Å². The second kappa shape index (κ2) is 9.66. The summed E-state index contributed by atoms with van der Waals surface area (Å²) in [6.07, 6.45) is 0.823. The van der Waals surface area contributed by atoms with Crippen molar-refractivity contribution in [1.29, 1.82) is 0 Å². The zero-order chi connectivity index (χ0) is 23.6. The maximum absolute atomic E-state index is 14.4. The Morgan fingerprint density at radius 1 is 1.21 bits per heavy atom. The number of nitrogens with zero attached hydrogens (tertiary/aromatic N) is 1. The second-order valence-electron chi connectivity index (χ2n) is 7.87. The third-order valence-electron chi connectivity index (χ3n) is 5.49. The van der Waals surface area contributed by atoms with Crippen LogP contribution >= 0.6 is 0 Å². The van der Waals surface area contributed by atoms with E-state index in [1.54, 1.807) is 6.07 Å². The fourth-order valence-corrected chi connectivity index (χ4v) is 5.36. The van der Waals surface area contributed by atoms with E-state index < -0.39 is 26.7 Å². The van der Waals surface area contributed by atoms with Crippen LogP contribution < -0.4 is 9.47 Å². The molecule has 2 heterocycles. The van der Waals surface area contributed by atoms with Gasteiger partial charge in [-0.2, -0.15) is 4.31 Å². The molecular weight excluding hydrogens is 453 g/mol. The quantitative estimate of drug-likeness (QED) is 0.564. The Morgan fingerprint density at radius 2 is 1.97 bits per heavy atom. The molecule has 1 atom stereocenters. The SMILES string of the molecule is CCOc1cc2c(cc1COC(=O)c1ccc(F)c(S(=O)(=O)N3CCOCC3)c1)OC(C)C2. The van der Waals surface area contributed by atoms with Gasteiger partial charge in [-0.05, 0) is 44.2 Å². The number of sulfonamides is 1. The van der Waals surface area contributed by atoms with Crippen LogP contribution in [0.5, 0.6) is 11.5 Å². The number of hydrogen-bond acceptors (Lipinski definition) is 7. The van der Waals surface area contributed by atoms with Crippen molar-refractivity contribution in [2.24, 2.45) is 0 Å². The van der Waals surface area contributed by atoms with Gasteiger partial charge in [0.05, 0.1) is 25.4 Å². The first kappa shape index (κ1) is 23.5. The van der Waals surface area contributed by atoms with Crippen molar-refractivity contribution in [3.63, 3.8) is 0 Å². The van der Waals surface area contributed by atoms with Crippen molar-refractivity contribution in [2.45, 2.75) is 37.9 Å². The molecule has 1 unspecified atom stereocenters. The topological polar surface area (TPSA) is 91.4 Å². The summed E-state index contributed by atoms with van der Waals surface area (Å²) in [6.45, 7) is 4.86. The summed E-state index contributed by atoms with van der Waals surface area (Å²) in [5.41, 5.74) is 1.59. The number of rotatable bonds is 7. The fourth-order valence-electron chi connectivity index (χ4n) is 3.86. The summed E-state index contributed by atoms with van der Waals surface area (Å²) in [5.74, 6) is -0.388. The Hall–Kier alpha value is -2.69. The van der Waals surface area contributed by atoms with Gasteiger partial charge in [0.2, 0.25) is 10.0 Å². The molecule has 0 saturated carbocycles. The highest BCUT2D eigenvalue weighted by Gasteiger charge is 2.30. The molecule has 0 amide bonds. The lowest BCUT2D eigenvalue weighted by molar-refractivity contribution is 0.0468. The maximum atomic E-state index is 14.4. The lowest BCUT2D eigenvalue weighted by Gasteiger charge is -2.26. The minimum absolute atomic E-state index is 0.0540. The first-order valence-electron chi connectivity index (χ1n) is 10.8. The summed E-state index contributed by atoms with van der Waals surface area (Å²) in [7, 11) is -4.11. The summed E-state index contributed by atoms with van der Waals surface area (Å²) in [4.78, 5) is 12.1. The van der Waals surface area contributed by atoms with Crippen LogP contribution in [0.25, 0.3) is 0 Å². The number of morpholine rings is 1. The Bertz CT molecular complexity index is 1150. The van der Waals surface area contributed by atoms with Gasteiger partial charge in [0.25, 0.3) is 0 Å². The predicted octanol–water partition coefficient (Wildman–Crippen LogP) is 2.93. The fraction of sp³-hybridized carbons (Fsp3) is 0.435. The van der Waals surface area contributed by atoms with Crippen molar-refractivity contribution in [3.8, 4) is 11.5 Å². The van der Waals surface area contributed by atoms with Crippen LogP contribution in [0.3, 0.4) is 0 Å². The van der Waals surface area contributed by atoms with Crippen LogP contribution in [0.4, 0.5) is 4.39 Å². The van der Waals surface area contributed by atoms with E-state index in [0.29, 0.717) is 17.9 Å². The number of halogens is 1. The van der Waals surface area contributed by atoms with Crippen LogP contribution in [-0.4, -0.2) is 57.7 Å². The maximum Gasteiger partial charge on any atom is 0.338 e. The van der Waals surface area contributed by atoms with Gasteiger partial charge in [-0.15, -0.1) is 0 Å². The molecule has 0 N–H and O–H groups in total. The molecule has 0 bridgehead atoms. The average Bonchev–Trinajstić information content (AvgIpc) is 3.17. The van der Waals surface area contributed by atoms with Crippen molar-refractivity contribution < 1.29 is 36.6 Å². The number of esters is 1. The van der Waals surface area contributed by atoms with Crippen molar-refractivity contribution in [2.75, 3.05) is 32.9 Å². The number of benzene rings is 2. The standard InChI is InChI=1S/C23H26FNO7S/c1-3-30-20-11-17-10-15(2)32-21(17)12-18(20)14-31-23(26)16-4-5-19(24)22(13-16)33(27,28)25-6-8-29-9-7-25/h4-5,11-13,15H,3,6-10,14H2,1-2H3. The molecule has 178 valence electrons. The molecule has 8 nitrogen and oxygen atoms in total. The predicted molar refractivity (Wildman–Crippen MR) is 117 cm³/mol. The first-order valence-corrected chi connectivity index (χ1v) is 12.2. The largest absolute Gasteiger partial charge is 0.493 e. The number of carbonyl (C=O) groups excluding carboxylic acids is 1. The molecule has 0 aromatic heterocycles. The summed E-state index contributed by atoms with van der Waals surface area (Å²) >= 11 is 0. The summed E-state index contributed by atoms with van der Waals surface area (Å²) in [5, 5.41) is 0. The Kier molecular flexibility index (Phi) is 6.87. The normalized spacial score (nSPS) is 18.5. The van der Waals surface area contributed by atoms with E-state index in [1.165, 1.54) is 6.07 Å². The van der Waals surface area contributed by atoms with Gasteiger partial charge in [0.15, 0.2) is 0 Å². The Balaban J connectivity index is 1.53. The molecule has 33 heavy (non-hydrogen) atoms. The van der Waals surface area contributed by atoms with Crippen molar-refractivity contribution in [3.05, 3.63) is 52.8 Å². The molecule has 1 saturated heterocycles. The Labute approximate surface area is 192 Å². The number of fused-ring (bicyclic) bond motifs is 1. The smallest absolute Gasteiger partial charge is 0.338 e. The molecule has 1 fully saturated rings. The minimum Gasteiger partial charge on any atom is -0.493 e. The lowest BCUT2D eigenvalue weighted by Crippen LogP contribution is -2.41. The van der Waals surface area contributed by atoms with Gasteiger partial charge in [0, 0.05) is 30.6 Å². The van der Waals surface area contributed by atoms with E-state index in [2.05, 4.69) is 0 Å². The van der Waals surface area contributed by atoms with Crippen LogP contribution in [-0.2, 0) is 32.5 Å². The molecule has 2 aromatic rings. The van der Waals surface area contributed by atoms with Crippen LogP contribution in [0.2, 0.25) is 0 Å². The number of ether oxygens (including phenoxy) is 4. The van der Waals surface area contributed by atoms with Crippen LogP contribution in [0.15, 0.2) is 35.2 Å². The van der Waals surface area contributed by atoms with Gasteiger partial charge in [0.1, 0.15) is 34.9 Å². The van der Waals surface area contributed by atoms with E-state index in [1.807, 2.05) is 19.9 Å². The van der Waals surface area contributed by atoms with Gasteiger partial charge in [-0.25, -0.2) is 17.6 Å². The zero-order valence-electron chi connectivity index (χ0n) is 18.5. The van der Waals surface area contributed by atoms with Crippen LogP contribution in [0.1, 0.15) is 35.3 Å². The molecule has 0 radical (unpaired) electrons. The monoisotopic (exact) mass is 479 g/mol. The highest BCUT2D eigenvalue weighted by Crippen LogP contribution is 2.35. The third kappa shape index (κ3) is 4.97. The molecule has 2 aliphatic heterocycles. The zero-order valence-corrected chi connectivity index (χ0v) is 19.3. The molecule has 10 heteroatoms.